The van der Waals surface area contributed by atoms with Gasteiger partial charge in [-0.25, -0.2) is 8.42 Å². The molecular weight excluding hydrogens is 274 g/mol. The Morgan fingerprint density at radius 1 is 1.10 bits per heavy atom. The van der Waals surface area contributed by atoms with Gasteiger partial charge in [-0.05, 0) is 25.3 Å². The summed E-state index contributed by atoms with van der Waals surface area (Å²) in [7, 11) is -3.92. The van der Waals surface area contributed by atoms with Crippen LogP contribution in [-0.4, -0.2) is 25.8 Å². The quantitative estimate of drug-likeness (QED) is 0.552. The number of unbranched alkanes of at least 4 members (excludes halogenated alkanes) is 4. The number of nitrogens with one attached hydrogen (secondary N) is 1. The van der Waals surface area contributed by atoms with Gasteiger partial charge in [0.15, 0.2) is 0 Å². The van der Waals surface area contributed by atoms with Crippen LogP contribution >= 0.6 is 0 Å². The monoisotopic (exact) mass is 303 g/mol. The van der Waals surface area contributed by atoms with Gasteiger partial charge in [-0.2, -0.15) is 0 Å². The summed E-state index contributed by atoms with van der Waals surface area (Å²) in [5.41, 5.74) is 1.59. The van der Waals surface area contributed by atoms with Crippen molar-refractivity contribution in [1.82, 2.24) is 0 Å². The van der Waals surface area contributed by atoms with Gasteiger partial charge in [0.1, 0.15) is 5.70 Å². The SMILES string of the molecule is CCCCCCC[NH+]1C=CC=C1CCC.CS(=O)(=O)[O-]. The molecule has 0 fully saturated rings. The maximum absolute atomic E-state index is 9.08. The zero-order valence-corrected chi connectivity index (χ0v) is 13.8. The molecule has 1 atom stereocenters. The number of quaternary nitrogens is 1. The third-order valence-electron chi connectivity index (χ3n) is 3.08. The first-order chi connectivity index (χ1) is 9.38. The Hall–Kier alpha value is -0.650. The lowest BCUT2D eigenvalue weighted by atomic mass is 10.1. The van der Waals surface area contributed by atoms with E-state index in [4.69, 9.17) is 13.0 Å². The molecule has 0 aromatic carbocycles. The highest BCUT2D eigenvalue weighted by Crippen LogP contribution is 2.04. The molecule has 0 aliphatic carbocycles. The molecule has 0 saturated carbocycles. The molecule has 0 saturated heterocycles. The summed E-state index contributed by atoms with van der Waals surface area (Å²) >= 11 is 0. The van der Waals surface area contributed by atoms with Crippen LogP contribution in [0.5, 0.6) is 0 Å². The molecule has 1 aliphatic rings. The second kappa shape index (κ2) is 11.1. The van der Waals surface area contributed by atoms with Gasteiger partial charge in [0.05, 0.1) is 22.9 Å². The third kappa shape index (κ3) is 12.4. The fraction of sp³-hybridized carbons (Fsp3) is 0.733. The van der Waals surface area contributed by atoms with Crippen LogP contribution in [0.15, 0.2) is 24.0 Å². The molecule has 1 unspecified atom stereocenters. The second-order valence-electron chi connectivity index (χ2n) is 5.19. The van der Waals surface area contributed by atoms with E-state index in [2.05, 4.69) is 32.2 Å². The van der Waals surface area contributed by atoms with Crippen LogP contribution in [0.1, 0.15) is 58.8 Å². The molecular formula is C15H29NO3S. The Morgan fingerprint density at radius 2 is 1.70 bits per heavy atom. The van der Waals surface area contributed by atoms with Crippen molar-refractivity contribution in [2.24, 2.45) is 0 Å². The molecule has 118 valence electrons. The van der Waals surface area contributed by atoms with Gasteiger partial charge in [-0.3, -0.25) is 4.90 Å². The molecule has 1 aliphatic heterocycles. The van der Waals surface area contributed by atoms with Crippen LogP contribution in [0.25, 0.3) is 0 Å². The first-order valence-electron chi connectivity index (χ1n) is 7.52. The molecule has 1 rings (SSSR count). The van der Waals surface area contributed by atoms with E-state index >= 15 is 0 Å². The average Bonchev–Trinajstić information content (AvgIpc) is 2.75. The fourth-order valence-electron chi connectivity index (χ4n) is 2.17. The molecule has 0 amide bonds. The fourth-order valence-corrected chi connectivity index (χ4v) is 2.17. The van der Waals surface area contributed by atoms with Crippen molar-refractivity contribution < 1.29 is 17.9 Å². The van der Waals surface area contributed by atoms with Gasteiger partial charge in [-0.15, -0.1) is 0 Å². The van der Waals surface area contributed by atoms with Gasteiger partial charge < -0.3 is 4.55 Å². The number of hydrogen-bond donors (Lipinski definition) is 1. The number of rotatable bonds is 8. The van der Waals surface area contributed by atoms with E-state index in [1.807, 2.05) is 0 Å². The van der Waals surface area contributed by atoms with Gasteiger partial charge in [0.25, 0.3) is 0 Å². The van der Waals surface area contributed by atoms with Crippen molar-refractivity contribution in [1.29, 1.82) is 0 Å². The average molecular weight is 303 g/mol. The van der Waals surface area contributed by atoms with Gasteiger partial charge in [0, 0.05) is 18.8 Å². The van der Waals surface area contributed by atoms with Crippen molar-refractivity contribution in [3.8, 4) is 0 Å². The van der Waals surface area contributed by atoms with E-state index in [0.717, 1.165) is 0 Å². The maximum atomic E-state index is 9.08. The second-order valence-corrected chi connectivity index (χ2v) is 6.60. The zero-order valence-electron chi connectivity index (χ0n) is 13.0. The van der Waals surface area contributed by atoms with Crippen molar-refractivity contribution in [2.75, 3.05) is 12.8 Å². The summed E-state index contributed by atoms with van der Waals surface area (Å²) in [6.07, 6.45) is 16.9. The van der Waals surface area contributed by atoms with Crippen LogP contribution in [0.4, 0.5) is 0 Å². The summed E-state index contributed by atoms with van der Waals surface area (Å²) in [4.78, 5) is 1.60. The largest absolute Gasteiger partial charge is 0.748 e. The highest BCUT2D eigenvalue weighted by Gasteiger charge is 2.14. The number of hydrogen-bond acceptors (Lipinski definition) is 3. The van der Waals surface area contributed by atoms with Crippen LogP contribution in [0, 0.1) is 0 Å². The highest BCUT2D eigenvalue weighted by molar-refractivity contribution is 7.84. The summed E-state index contributed by atoms with van der Waals surface area (Å²) < 4.78 is 27.2. The van der Waals surface area contributed by atoms with Crippen molar-refractivity contribution >= 4 is 10.1 Å². The minimum Gasteiger partial charge on any atom is -0.748 e. The Kier molecular flexibility index (Phi) is 10.7. The lowest BCUT2D eigenvalue weighted by Crippen LogP contribution is -3.04. The van der Waals surface area contributed by atoms with E-state index in [9.17, 15) is 0 Å². The van der Waals surface area contributed by atoms with Crippen LogP contribution in [0.3, 0.4) is 0 Å². The van der Waals surface area contributed by atoms with Crippen LogP contribution < -0.4 is 4.90 Å². The summed E-state index contributed by atoms with van der Waals surface area (Å²) in [6.45, 7) is 5.83. The normalized spacial score (nSPS) is 17.6. The van der Waals surface area contributed by atoms with Crippen LogP contribution in [-0.2, 0) is 10.1 Å². The molecule has 1 heterocycles. The highest BCUT2D eigenvalue weighted by atomic mass is 32.2. The van der Waals surface area contributed by atoms with E-state index in [1.54, 1.807) is 10.6 Å². The first-order valence-corrected chi connectivity index (χ1v) is 9.34. The van der Waals surface area contributed by atoms with Gasteiger partial charge in [-0.1, -0.05) is 33.1 Å². The maximum Gasteiger partial charge on any atom is 0.112 e. The van der Waals surface area contributed by atoms with Crippen molar-refractivity contribution in [3.63, 3.8) is 0 Å². The molecule has 0 aromatic heterocycles. The molecule has 20 heavy (non-hydrogen) atoms. The molecule has 5 heteroatoms. The predicted octanol–water partition coefficient (Wildman–Crippen LogP) is 2.21. The zero-order chi connectivity index (χ0) is 15.4. The van der Waals surface area contributed by atoms with E-state index in [-0.39, 0.29) is 0 Å². The van der Waals surface area contributed by atoms with E-state index < -0.39 is 10.1 Å². The molecule has 1 N–H and O–H groups in total. The van der Waals surface area contributed by atoms with E-state index in [1.165, 1.54) is 51.5 Å². The standard InChI is InChI=1S/C14H25N.CH4O3S/c1-3-5-6-7-8-12-15-13-9-11-14(15)10-4-2;1-5(2,3)4/h9,11,13H,3-8,10,12H2,1-2H3;1H3,(H,2,3,4). The Labute approximate surface area is 124 Å². The van der Waals surface area contributed by atoms with Crippen molar-refractivity contribution in [3.05, 3.63) is 24.0 Å². The Bertz CT molecular complexity index is 391. The molecule has 0 bridgehead atoms. The number of allylic oxidation sites excluding steroid dienone is 3. The summed E-state index contributed by atoms with van der Waals surface area (Å²) in [6, 6.07) is 0. The lowest BCUT2D eigenvalue weighted by Gasteiger charge is -2.13. The minimum atomic E-state index is -3.92. The molecule has 0 spiro atoms. The van der Waals surface area contributed by atoms with Crippen LogP contribution in [0.2, 0.25) is 0 Å². The van der Waals surface area contributed by atoms with Crippen molar-refractivity contribution in [2.45, 2.75) is 58.8 Å². The van der Waals surface area contributed by atoms with Gasteiger partial charge >= 0.3 is 0 Å². The summed E-state index contributed by atoms with van der Waals surface area (Å²) in [5, 5.41) is 0. The molecule has 4 nitrogen and oxygen atoms in total. The first kappa shape index (κ1) is 19.4. The van der Waals surface area contributed by atoms with E-state index in [0.29, 0.717) is 6.26 Å². The molecule has 0 radical (unpaired) electrons. The molecule has 0 aromatic rings. The smallest absolute Gasteiger partial charge is 0.112 e. The van der Waals surface area contributed by atoms with Gasteiger partial charge in [0.2, 0.25) is 0 Å². The minimum absolute atomic E-state index is 0.604. The topological polar surface area (TPSA) is 61.6 Å². The Balaban J connectivity index is 0.000000621. The summed E-state index contributed by atoms with van der Waals surface area (Å²) in [5.74, 6) is 0. The predicted molar refractivity (Wildman–Crippen MR) is 82.3 cm³/mol. The third-order valence-corrected chi connectivity index (χ3v) is 3.08. The Morgan fingerprint density at radius 3 is 2.25 bits per heavy atom. The lowest BCUT2D eigenvalue weighted by molar-refractivity contribution is -0.804.